The lowest BCUT2D eigenvalue weighted by Gasteiger charge is -2.30. The van der Waals surface area contributed by atoms with E-state index < -0.39 is 5.41 Å². The van der Waals surface area contributed by atoms with E-state index in [1.165, 1.54) is 0 Å². The minimum atomic E-state index is -0.502. The molecule has 3 nitrogen and oxygen atoms in total. The quantitative estimate of drug-likeness (QED) is 0.869. The molecule has 0 spiro atoms. The molecule has 0 bridgehead atoms. The SMILES string of the molecule is CC(C)(C(=O)NC1CCCNC1)c1ccc(Br)cc1.Cl. The van der Waals surface area contributed by atoms with Gasteiger partial charge in [0.15, 0.2) is 0 Å². The maximum absolute atomic E-state index is 12.5. The fraction of sp³-hybridized carbons (Fsp3) is 0.533. The minimum absolute atomic E-state index is 0. The maximum atomic E-state index is 12.5. The van der Waals surface area contributed by atoms with Gasteiger partial charge in [0.25, 0.3) is 0 Å². The summed E-state index contributed by atoms with van der Waals surface area (Å²) in [6.07, 6.45) is 2.19. The molecule has 1 aliphatic heterocycles. The van der Waals surface area contributed by atoms with Crippen LogP contribution in [0.25, 0.3) is 0 Å². The predicted molar refractivity (Wildman–Crippen MR) is 88.5 cm³/mol. The van der Waals surface area contributed by atoms with Crippen molar-refractivity contribution in [1.29, 1.82) is 0 Å². The van der Waals surface area contributed by atoms with Crippen LogP contribution in [0.15, 0.2) is 28.7 Å². The monoisotopic (exact) mass is 360 g/mol. The van der Waals surface area contributed by atoms with Crippen LogP contribution in [0.4, 0.5) is 0 Å². The first-order chi connectivity index (χ1) is 9.00. The highest BCUT2D eigenvalue weighted by atomic mass is 79.9. The third-order valence-corrected chi connectivity index (χ3v) is 4.29. The molecule has 2 N–H and O–H groups in total. The van der Waals surface area contributed by atoms with Crippen LogP contribution in [0.2, 0.25) is 0 Å². The molecule has 1 aromatic rings. The Morgan fingerprint density at radius 1 is 1.35 bits per heavy atom. The highest BCUT2D eigenvalue weighted by Crippen LogP contribution is 2.25. The van der Waals surface area contributed by atoms with Gasteiger partial charge in [0, 0.05) is 17.1 Å². The van der Waals surface area contributed by atoms with Crippen LogP contribution in [0.1, 0.15) is 32.3 Å². The van der Waals surface area contributed by atoms with E-state index in [0.717, 1.165) is 36.0 Å². The molecule has 0 aliphatic carbocycles. The molecular weight excluding hydrogens is 340 g/mol. The highest BCUT2D eigenvalue weighted by molar-refractivity contribution is 9.10. The summed E-state index contributed by atoms with van der Waals surface area (Å²) in [6.45, 7) is 5.88. The topological polar surface area (TPSA) is 41.1 Å². The van der Waals surface area contributed by atoms with Gasteiger partial charge in [0.05, 0.1) is 5.41 Å². The van der Waals surface area contributed by atoms with Crippen molar-refractivity contribution in [2.24, 2.45) is 0 Å². The number of piperidine rings is 1. The normalized spacial score (nSPS) is 19.1. The average Bonchev–Trinajstić information content (AvgIpc) is 2.40. The summed E-state index contributed by atoms with van der Waals surface area (Å²) in [7, 11) is 0. The Kier molecular flexibility index (Phi) is 6.49. The van der Waals surface area contributed by atoms with Gasteiger partial charge in [0.1, 0.15) is 0 Å². The van der Waals surface area contributed by atoms with Crippen LogP contribution < -0.4 is 10.6 Å². The Morgan fingerprint density at radius 3 is 2.55 bits per heavy atom. The Balaban J connectivity index is 0.00000200. The van der Waals surface area contributed by atoms with Crippen molar-refractivity contribution in [2.75, 3.05) is 13.1 Å². The van der Waals surface area contributed by atoms with Crippen molar-refractivity contribution >= 4 is 34.2 Å². The zero-order chi connectivity index (χ0) is 13.9. The summed E-state index contributed by atoms with van der Waals surface area (Å²) in [5.41, 5.74) is 0.537. The second-order valence-electron chi connectivity index (χ2n) is 5.65. The number of carbonyl (C=O) groups is 1. The number of carbonyl (C=O) groups excluding carboxylic acids is 1. The number of rotatable bonds is 3. The van der Waals surface area contributed by atoms with E-state index in [0.29, 0.717) is 0 Å². The van der Waals surface area contributed by atoms with Gasteiger partial charge in [-0.15, -0.1) is 12.4 Å². The van der Waals surface area contributed by atoms with Crippen molar-refractivity contribution in [3.8, 4) is 0 Å². The van der Waals surface area contributed by atoms with E-state index >= 15 is 0 Å². The molecule has 0 aromatic heterocycles. The van der Waals surface area contributed by atoms with Crippen molar-refractivity contribution < 1.29 is 4.79 Å². The second kappa shape index (κ2) is 7.43. The molecule has 1 aliphatic rings. The van der Waals surface area contributed by atoms with Gasteiger partial charge in [-0.1, -0.05) is 28.1 Å². The smallest absolute Gasteiger partial charge is 0.230 e. The molecule has 1 unspecified atom stereocenters. The fourth-order valence-corrected chi connectivity index (χ4v) is 2.60. The number of hydrogen-bond donors (Lipinski definition) is 2. The largest absolute Gasteiger partial charge is 0.351 e. The van der Waals surface area contributed by atoms with Crippen LogP contribution in [-0.2, 0) is 10.2 Å². The van der Waals surface area contributed by atoms with Crippen LogP contribution >= 0.6 is 28.3 Å². The third-order valence-electron chi connectivity index (χ3n) is 3.77. The molecule has 112 valence electrons. The van der Waals surface area contributed by atoms with Crippen LogP contribution in [0, 0.1) is 0 Å². The summed E-state index contributed by atoms with van der Waals surface area (Å²) in [5.74, 6) is 0.100. The second-order valence-corrected chi connectivity index (χ2v) is 6.56. The van der Waals surface area contributed by atoms with Crippen molar-refractivity contribution in [1.82, 2.24) is 10.6 Å². The molecule has 20 heavy (non-hydrogen) atoms. The first kappa shape index (κ1) is 17.5. The first-order valence-electron chi connectivity index (χ1n) is 6.78. The molecule has 0 saturated carbocycles. The number of hydrogen-bond acceptors (Lipinski definition) is 2. The molecule has 1 fully saturated rings. The Bertz CT molecular complexity index is 442. The lowest BCUT2D eigenvalue weighted by atomic mass is 9.83. The third kappa shape index (κ3) is 4.21. The lowest BCUT2D eigenvalue weighted by molar-refractivity contribution is -0.126. The summed E-state index contributed by atoms with van der Waals surface area (Å²) in [6, 6.07) is 8.22. The lowest BCUT2D eigenvalue weighted by Crippen LogP contribution is -2.50. The number of amides is 1. The molecule has 2 rings (SSSR count). The zero-order valence-electron chi connectivity index (χ0n) is 11.9. The number of halogens is 2. The summed E-state index contributed by atoms with van der Waals surface area (Å²) in [4.78, 5) is 12.5. The van der Waals surface area contributed by atoms with Gasteiger partial charge >= 0.3 is 0 Å². The van der Waals surface area contributed by atoms with Gasteiger partial charge in [-0.25, -0.2) is 0 Å². The van der Waals surface area contributed by atoms with Crippen LogP contribution in [-0.4, -0.2) is 25.0 Å². The Morgan fingerprint density at radius 2 is 2.00 bits per heavy atom. The number of benzene rings is 1. The van der Waals surface area contributed by atoms with Gasteiger partial charge in [-0.2, -0.15) is 0 Å². The maximum Gasteiger partial charge on any atom is 0.230 e. The average molecular weight is 362 g/mol. The van der Waals surface area contributed by atoms with Gasteiger partial charge in [-0.05, 0) is 50.9 Å². The van der Waals surface area contributed by atoms with Crippen molar-refractivity contribution in [3.63, 3.8) is 0 Å². The molecular formula is C15H22BrClN2O. The van der Waals surface area contributed by atoms with Gasteiger partial charge in [0.2, 0.25) is 5.91 Å². The molecule has 1 atom stereocenters. The van der Waals surface area contributed by atoms with E-state index in [1.54, 1.807) is 0 Å². The van der Waals surface area contributed by atoms with Crippen molar-refractivity contribution in [2.45, 2.75) is 38.1 Å². The minimum Gasteiger partial charge on any atom is -0.351 e. The van der Waals surface area contributed by atoms with E-state index in [2.05, 4.69) is 26.6 Å². The highest BCUT2D eigenvalue weighted by Gasteiger charge is 2.31. The fourth-order valence-electron chi connectivity index (χ4n) is 2.34. The molecule has 1 heterocycles. The standard InChI is InChI=1S/C15H21BrN2O.ClH/c1-15(2,11-5-7-12(16)8-6-11)14(19)18-13-4-3-9-17-10-13;/h5-8,13,17H,3-4,9-10H2,1-2H3,(H,18,19);1H. The Labute approximate surface area is 135 Å². The predicted octanol–water partition coefficient (Wildman–Crippen LogP) is 3.02. The first-order valence-corrected chi connectivity index (χ1v) is 7.57. The van der Waals surface area contributed by atoms with E-state index in [1.807, 2.05) is 38.1 Å². The zero-order valence-corrected chi connectivity index (χ0v) is 14.3. The van der Waals surface area contributed by atoms with Gasteiger partial charge in [-0.3, -0.25) is 4.79 Å². The summed E-state index contributed by atoms with van der Waals surface area (Å²) >= 11 is 3.42. The van der Waals surface area contributed by atoms with E-state index in [4.69, 9.17) is 0 Å². The van der Waals surface area contributed by atoms with Gasteiger partial charge < -0.3 is 10.6 Å². The van der Waals surface area contributed by atoms with E-state index in [-0.39, 0.29) is 24.4 Å². The van der Waals surface area contributed by atoms with Crippen molar-refractivity contribution in [3.05, 3.63) is 34.3 Å². The number of nitrogens with one attached hydrogen (secondary N) is 2. The summed E-state index contributed by atoms with van der Waals surface area (Å²) in [5, 5.41) is 6.48. The van der Waals surface area contributed by atoms with Crippen LogP contribution in [0.3, 0.4) is 0 Å². The molecule has 1 aromatic carbocycles. The Hall–Kier alpha value is -0.580. The van der Waals surface area contributed by atoms with E-state index in [9.17, 15) is 4.79 Å². The van der Waals surface area contributed by atoms with Crippen LogP contribution in [0.5, 0.6) is 0 Å². The molecule has 1 saturated heterocycles. The molecule has 1 amide bonds. The molecule has 0 radical (unpaired) electrons. The summed E-state index contributed by atoms with van der Waals surface area (Å²) < 4.78 is 1.03. The molecule has 5 heteroatoms.